The van der Waals surface area contributed by atoms with E-state index < -0.39 is 10.8 Å². The van der Waals surface area contributed by atoms with Crippen LogP contribution in [-0.4, -0.2) is 40.7 Å². The van der Waals surface area contributed by atoms with Gasteiger partial charge in [0.25, 0.3) is 11.6 Å². The molecule has 0 spiro atoms. The zero-order chi connectivity index (χ0) is 24.6. The minimum absolute atomic E-state index is 0.142. The minimum atomic E-state index is -0.544. The Morgan fingerprint density at radius 2 is 1.94 bits per heavy atom. The first-order chi connectivity index (χ1) is 17.0. The van der Waals surface area contributed by atoms with E-state index in [9.17, 15) is 14.9 Å². The van der Waals surface area contributed by atoms with Crippen molar-refractivity contribution >= 4 is 28.7 Å². The van der Waals surface area contributed by atoms with Gasteiger partial charge in [0.05, 0.1) is 18.2 Å². The lowest BCUT2D eigenvalue weighted by Gasteiger charge is -2.10. The summed E-state index contributed by atoms with van der Waals surface area (Å²) < 4.78 is 16.6. The van der Waals surface area contributed by atoms with Crippen molar-refractivity contribution in [1.82, 2.24) is 15.4 Å². The van der Waals surface area contributed by atoms with Crippen LogP contribution in [0.15, 0.2) is 78.2 Å². The second kappa shape index (κ2) is 10.7. The van der Waals surface area contributed by atoms with E-state index in [1.807, 2.05) is 24.3 Å². The maximum atomic E-state index is 12.1. The lowest BCUT2D eigenvalue weighted by Crippen LogP contribution is -2.24. The number of nitrogens with zero attached hydrogens (tertiary/aromatic N) is 4. The quantitative estimate of drug-likeness (QED) is 0.220. The third-order valence-electron chi connectivity index (χ3n) is 4.69. The SMILES string of the molecule is COc1cc(C=NNC(=O)COc2cccc3cccnc23)ccc1Oc1ccc([N+](=O)[O-])cn1. The molecule has 11 nitrogen and oxygen atoms in total. The molecule has 0 saturated heterocycles. The van der Waals surface area contributed by atoms with E-state index >= 15 is 0 Å². The molecule has 0 bridgehead atoms. The summed E-state index contributed by atoms with van der Waals surface area (Å²) in [6.07, 6.45) is 4.20. The third kappa shape index (κ3) is 5.85. The number of amides is 1. The smallest absolute Gasteiger partial charge is 0.287 e. The van der Waals surface area contributed by atoms with Crippen molar-refractivity contribution in [3.8, 4) is 23.1 Å². The number of ether oxygens (including phenoxy) is 3. The second-order valence-corrected chi connectivity index (χ2v) is 7.04. The van der Waals surface area contributed by atoms with Gasteiger partial charge in [-0.3, -0.25) is 19.9 Å². The fraction of sp³-hybridized carbons (Fsp3) is 0.0833. The molecule has 2 heterocycles. The fourth-order valence-corrected chi connectivity index (χ4v) is 3.05. The number of nitrogens with one attached hydrogen (secondary N) is 1. The molecule has 11 heteroatoms. The minimum Gasteiger partial charge on any atom is -0.493 e. The van der Waals surface area contributed by atoms with Crippen molar-refractivity contribution in [2.75, 3.05) is 13.7 Å². The number of carbonyl (C=O) groups is 1. The number of nitro groups is 1. The first-order valence-corrected chi connectivity index (χ1v) is 10.3. The summed E-state index contributed by atoms with van der Waals surface area (Å²) in [5.74, 6) is 0.971. The molecule has 0 fully saturated rings. The summed E-state index contributed by atoms with van der Waals surface area (Å²) in [6, 6.07) is 16.9. The molecule has 2 aromatic heterocycles. The number of hydrogen-bond acceptors (Lipinski definition) is 9. The molecular formula is C24H19N5O6. The topological polar surface area (TPSA) is 138 Å². The number of aromatic nitrogens is 2. The molecule has 0 saturated carbocycles. The molecule has 4 rings (SSSR count). The van der Waals surface area contributed by atoms with E-state index in [1.165, 1.54) is 25.5 Å². The summed E-state index contributed by atoms with van der Waals surface area (Å²) in [4.78, 5) is 30.5. The van der Waals surface area contributed by atoms with Gasteiger partial charge >= 0.3 is 0 Å². The number of hydrogen-bond donors (Lipinski definition) is 1. The van der Waals surface area contributed by atoms with Crippen molar-refractivity contribution in [2.45, 2.75) is 0 Å². The molecule has 4 aromatic rings. The molecule has 1 N–H and O–H groups in total. The lowest BCUT2D eigenvalue weighted by atomic mass is 10.2. The van der Waals surface area contributed by atoms with E-state index in [1.54, 1.807) is 30.5 Å². The van der Waals surface area contributed by atoms with Crippen molar-refractivity contribution in [3.05, 3.63) is 88.7 Å². The Bertz CT molecular complexity index is 1390. The average molecular weight is 473 g/mol. The summed E-state index contributed by atoms with van der Waals surface area (Å²) in [5, 5.41) is 15.6. The molecule has 2 aromatic carbocycles. The van der Waals surface area contributed by atoms with Crippen LogP contribution in [-0.2, 0) is 4.79 Å². The zero-order valence-corrected chi connectivity index (χ0v) is 18.5. The van der Waals surface area contributed by atoms with Crippen molar-refractivity contribution in [2.24, 2.45) is 5.10 Å². The molecule has 0 aliphatic heterocycles. The van der Waals surface area contributed by atoms with Crippen molar-refractivity contribution in [3.63, 3.8) is 0 Å². The fourth-order valence-electron chi connectivity index (χ4n) is 3.05. The van der Waals surface area contributed by atoms with Crippen molar-refractivity contribution < 1.29 is 23.9 Å². The highest BCUT2D eigenvalue weighted by atomic mass is 16.6. The van der Waals surface area contributed by atoms with Crippen LogP contribution in [0.5, 0.6) is 23.1 Å². The highest BCUT2D eigenvalue weighted by Gasteiger charge is 2.10. The van der Waals surface area contributed by atoms with Gasteiger partial charge in [-0.25, -0.2) is 10.4 Å². The molecule has 0 aliphatic rings. The van der Waals surface area contributed by atoms with Gasteiger partial charge in [0, 0.05) is 23.7 Å². The summed E-state index contributed by atoms with van der Waals surface area (Å²) >= 11 is 0. The number of rotatable bonds is 9. The van der Waals surface area contributed by atoms with Crippen LogP contribution in [0, 0.1) is 10.1 Å². The van der Waals surface area contributed by atoms with E-state index in [4.69, 9.17) is 14.2 Å². The maximum Gasteiger partial charge on any atom is 0.287 e. The van der Waals surface area contributed by atoms with Crippen LogP contribution in [0.1, 0.15) is 5.56 Å². The van der Waals surface area contributed by atoms with Gasteiger partial charge in [-0.05, 0) is 35.9 Å². The molecule has 0 unspecified atom stereocenters. The second-order valence-electron chi connectivity index (χ2n) is 7.04. The monoisotopic (exact) mass is 473 g/mol. The Kier molecular flexibility index (Phi) is 7.07. The maximum absolute atomic E-state index is 12.1. The molecule has 0 radical (unpaired) electrons. The van der Waals surface area contributed by atoms with Gasteiger partial charge in [-0.1, -0.05) is 18.2 Å². The first-order valence-electron chi connectivity index (χ1n) is 10.3. The molecule has 176 valence electrons. The zero-order valence-electron chi connectivity index (χ0n) is 18.5. The highest BCUT2D eigenvalue weighted by Crippen LogP contribution is 2.31. The van der Waals surface area contributed by atoms with Gasteiger partial charge in [-0.15, -0.1) is 0 Å². The molecule has 0 atom stereocenters. The molecule has 0 aliphatic carbocycles. The van der Waals surface area contributed by atoms with Crippen LogP contribution in [0.3, 0.4) is 0 Å². The first kappa shape index (κ1) is 23.1. The number of hydrazone groups is 1. The number of methoxy groups -OCH3 is 1. The van der Waals surface area contributed by atoms with E-state index in [0.717, 1.165) is 11.6 Å². The van der Waals surface area contributed by atoms with Gasteiger partial charge in [0.1, 0.15) is 17.5 Å². The largest absolute Gasteiger partial charge is 0.493 e. The summed E-state index contributed by atoms with van der Waals surface area (Å²) in [5.41, 5.74) is 3.56. The highest BCUT2D eigenvalue weighted by molar-refractivity contribution is 5.86. The molecule has 35 heavy (non-hydrogen) atoms. The number of benzene rings is 2. The number of carbonyl (C=O) groups excluding carboxylic acids is 1. The molecular weight excluding hydrogens is 454 g/mol. The average Bonchev–Trinajstić information content (AvgIpc) is 2.88. The van der Waals surface area contributed by atoms with Crippen LogP contribution in [0.4, 0.5) is 5.69 Å². The Morgan fingerprint density at radius 3 is 2.71 bits per heavy atom. The summed E-state index contributed by atoms with van der Waals surface area (Å²) in [6.45, 7) is -0.231. The third-order valence-corrected chi connectivity index (χ3v) is 4.69. The number of fused-ring (bicyclic) bond motifs is 1. The van der Waals surface area contributed by atoms with Crippen LogP contribution < -0.4 is 19.6 Å². The van der Waals surface area contributed by atoms with Gasteiger partial charge in [0.15, 0.2) is 18.1 Å². The Labute approximate surface area is 199 Å². The van der Waals surface area contributed by atoms with Gasteiger partial charge in [0.2, 0.25) is 5.88 Å². The van der Waals surface area contributed by atoms with Gasteiger partial charge in [-0.2, -0.15) is 5.10 Å². The van der Waals surface area contributed by atoms with Crippen molar-refractivity contribution in [1.29, 1.82) is 0 Å². The van der Waals surface area contributed by atoms with E-state index in [-0.39, 0.29) is 18.2 Å². The number of pyridine rings is 2. The Hall–Kier alpha value is -5.06. The van der Waals surface area contributed by atoms with E-state index in [0.29, 0.717) is 28.3 Å². The molecule has 1 amide bonds. The van der Waals surface area contributed by atoms with Gasteiger partial charge < -0.3 is 14.2 Å². The Balaban J connectivity index is 1.34. The van der Waals surface area contributed by atoms with E-state index in [2.05, 4.69) is 20.5 Å². The van der Waals surface area contributed by atoms with Crippen LogP contribution in [0.2, 0.25) is 0 Å². The normalized spacial score (nSPS) is 10.8. The number of para-hydroxylation sites is 1. The standard InChI is InChI=1S/C24H19N5O6/c1-33-21-12-16(7-9-19(21)35-23-10-8-18(14-26-23)29(31)32)13-27-28-22(30)15-34-20-6-2-4-17-5-3-11-25-24(17)20/h2-14H,15H2,1H3,(H,28,30). The predicted octanol–water partition coefficient (Wildman–Crippen LogP) is 3.87. The van der Waals surface area contributed by atoms with Crippen LogP contribution in [0.25, 0.3) is 10.9 Å². The van der Waals surface area contributed by atoms with Crippen LogP contribution >= 0.6 is 0 Å². The lowest BCUT2D eigenvalue weighted by molar-refractivity contribution is -0.385. The predicted molar refractivity (Wildman–Crippen MR) is 127 cm³/mol. The Morgan fingerprint density at radius 1 is 1.09 bits per heavy atom. The summed E-state index contributed by atoms with van der Waals surface area (Å²) in [7, 11) is 1.47.